The van der Waals surface area contributed by atoms with E-state index in [4.69, 9.17) is 14.2 Å². The SMILES string of the molecule is CC[C@@H]1CN(C(=O)Nc2ccc(OC)c(OC)c2)c2cc(C)ccc2O1. The lowest BCUT2D eigenvalue weighted by molar-refractivity contribution is 0.188. The summed E-state index contributed by atoms with van der Waals surface area (Å²) < 4.78 is 16.5. The predicted octanol–water partition coefficient (Wildman–Crippen LogP) is 4.22. The Morgan fingerprint density at radius 3 is 2.65 bits per heavy atom. The average molecular weight is 356 g/mol. The predicted molar refractivity (Wildman–Crippen MR) is 102 cm³/mol. The van der Waals surface area contributed by atoms with E-state index in [0.717, 1.165) is 23.4 Å². The van der Waals surface area contributed by atoms with Crippen molar-refractivity contribution in [1.82, 2.24) is 0 Å². The summed E-state index contributed by atoms with van der Waals surface area (Å²) in [5.74, 6) is 1.91. The fourth-order valence-corrected chi connectivity index (χ4v) is 2.97. The van der Waals surface area contributed by atoms with Crippen LogP contribution in [0.3, 0.4) is 0 Å². The number of aryl methyl sites for hydroxylation is 1. The van der Waals surface area contributed by atoms with Gasteiger partial charge in [0.05, 0.1) is 26.5 Å². The van der Waals surface area contributed by atoms with Crippen molar-refractivity contribution < 1.29 is 19.0 Å². The standard InChI is InChI=1S/C20H24N2O4/c1-5-15-12-22(16-10-13(2)6-8-17(16)26-15)20(23)21-14-7-9-18(24-3)19(11-14)25-4/h6-11,15H,5,12H2,1-4H3,(H,21,23)/t15-/m1/s1. The number of carbonyl (C=O) groups excluding carboxylic acids is 1. The Hall–Kier alpha value is -2.89. The first-order valence-electron chi connectivity index (χ1n) is 8.63. The molecule has 0 saturated heterocycles. The Morgan fingerprint density at radius 2 is 1.96 bits per heavy atom. The third-order valence-electron chi connectivity index (χ3n) is 4.42. The van der Waals surface area contributed by atoms with E-state index >= 15 is 0 Å². The first-order chi connectivity index (χ1) is 12.5. The van der Waals surface area contributed by atoms with E-state index in [1.807, 2.05) is 32.0 Å². The molecule has 2 amide bonds. The van der Waals surface area contributed by atoms with Crippen molar-refractivity contribution in [3.8, 4) is 17.2 Å². The van der Waals surface area contributed by atoms with E-state index in [2.05, 4.69) is 5.32 Å². The molecule has 1 heterocycles. The van der Waals surface area contributed by atoms with E-state index in [1.165, 1.54) is 0 Å². The van der Waals surface area contributed by atoms with Crippen LogP contribution in [0.1, 0.15) is 18.9 Å². The van der Waals surface area contributed by atoms with Gasteiger partial charge in [0.15, 0.2) is 11.5 Å². The van der Waals surface area contributed by atoms with E-state index in [0.29, 0.717) is 23.7 Å². The summed E-state index contributed by atoms with van der Waals surface area (Å²) in [6.07, 6.45) is 0.800. The number of anilines is 2. The monoisotopic (exact) mass is 356 g/mol. The lowest BCUT2D eigenvalue weighted by atomic mass is 10.1. The zero-order valence-corrected chi connectivity index (χ0v) is 15.5. The van der Waals surface area contributed by atoms with Crippen molar-refractivity contribution in [2.75, 3.05) is 31.0 Å². The molecule has 1 aliphatic heterocycles. The zero-order chi connectivity index (χ0) is 18.7. The number of rotatable bonds is 4. The molecule has 6 heteroatoms. The fraction of sp³-hybridized carbons (Fsp3) is 0.350. The van der Waals surface area contributed by atoms with Gasteiger partial charge in [0.25, 0.3) is 0 Å². The third kappa shape index (κ3) is 3.54. The lowest BCUT2D eigenvalue weighted by Crippen LogP contribution is -2.45. The maximum Gasteiger partial charge on any atom is 0.326 e. The highest BCUT2D eigenvalue weighted by Gasteiger charge is 2.29. The maximum absolute atomic E-state index is 12.9. The summed E-state index contributed by atoms with van der Waals surface area (Å²) >= 11 is 0. The van der Waals surface area contributed by atoms with Crippen LogP contribution in [0.5, 0.6) is 17.2 Å². The number of nitrogens with one attached hydrogen (secondary N) is 1. The molecular weight excluding hydrogens is 332 g/mol. The molecule has 26 heavy (non-hydrogen) atoms. The number of hydrogen-bond acceptors (Lipinski definition) is 4. The molecule has 0 aromatic heterocycles. The van der Waals surface area contributed by atoms with Crippen LogP contribution < -0.4 is 24.4 Å². The summed E-state index contributed by atoms with van der Waals surface area (Å²) in [5, 5.41) is 2.94. The van der Waals surface area contributed by atoms with Crippen LogP contribution in [0.2, 0.25) is 0 Å². The Labute approximate surface area is 153 Å². The Balaban J connectivity index is 1.86. The van der Waals surface area contributed by atoms with Crippen LogP contribution in [0.15, 0.2) is 36.4 Å². The molecule has 1 aliphatic rings. The Bertz CT molecular complexity index is 806. The van der Waals surface area contributed by atoms with Gasteiger partial charge in [-0.05, 0) is 43.2 Å². The normalized spacial score (nSPS) is 15.7. The van der Waals surface area contributed by atoms with Gasteiger partial charge in [0.1, 0.15) is 11.9 Å². The number of hydrogen-bond donors (Lipinski definition) is 1. The fourth-order valence-electron chi connectivity index (χ4n) is 2.97. The van der Waals surface area contributed by atoms with Crippen LogP contribution in [0, 0.1) is 6.92 Å². The minimum Gasteiger partial charge on any atom is -0.493 e. The van der Waals surface area contributed by atoms with Gasteiger partial charge in [-0.2, -0.15) is 0 Å². The van der Waals surface area contributed by atoms with Gasteiger partial charge in [-0.25, -0.2) is 4.79 Å². The first-order valence-corrected chi connectivity index (χ1v) is 8.63. The van der Waals surface area contributed by atoms with Gasteiger partial charge in [0, 0.05) is 11.8 Å². The number of urea groups is 1. The minimum absolute atomic E-state index is 0.0265. The molecule has 2 aromatic rings. The van der Waals surface area contributed by atoms with Crippen LogP contribution in [-0.2, 0) is 0 Å². The number of fused-ring (bicyclic) bond motifs is 1. The summed E-state index contributed by atoms with van der Waals surface area (Å²) in [7, 11) is 3.14. The van der Waals surface area contributed by atoms with Crippen LogP contribution in [0.25, 0.3) is 0 Å². The first kappa shape index (κ1) is 17.9. The maximum atomic E-state index is 12.9. The van der Waals surface area contributed by atoms with Gasteiger partial charge in [-0.3, -0.25) is 4.90 Å². The molecule has 0 spiro atoms. The molecular formula is C20H24N2O4. The smallest absolute Gasteiger partial charge is 0.326 e. The van der Waals surface area contributed by atoms with Crippen molar-refractivity contribution in [2.24, 2.45) is 0 Å². The Morgan fingerprint density at radius 1 is 1.19 bits per heavy atom. The molecule has 1 N–H and O–H groups in total. The lowest BCUT2D eigenvalue weighted by Gasteiger charge is -2.34. The van der Waals surface area contributed by atoms with E-state index in [9.17, 15) is 4.79 Å². The van der Waals surface area contributed by atoms with Gasteiger partial charge in [-0.15, -0.1) is 0 Å². The van der Waals surface area contributed by atoms with Gasteiger partial charge in [0.2, 0.25) is 0 Å². The molecule has 1 atom stereocenters. The minimum atomic E-state index is -0.203. The number of carbonyl (C=O) groups is 1. The van der Waals surface area contributed by atoms with Crippen molar-refractivity contribution in [1.29, 1.82) is 0 Å². The topological polar surface area (TPSA) is 60.0 Å². The van der Waals surface area contributed by atoms with Crippen molar-refractivity contribution in [3.63, 3.8) is 0 Å². The molecule has 0 aliphatic carbocycles. The van der Waals surface area contributed by atoms with E-state index < -0.39 is 0 Å². The third-order valence-corrected chi connectivity index (χ3v) is 4.42. The second-order valence-corrected chi connectivity index (χ2v) is 6.23. The summed E-state index contributed by atoms with van der Waals surface area (Å²) in [6, 6.07) is 11.0. The van der Waals surface area contributed by atoms with Crippen molar-refractivity contribution in [2.45, 2.75) is 26.4 Å². The number of ether oxygens (including phenoxy) is 3. The van der Waals surface area contributed by atoms with E-state index in [-0.39, 0.29) is 12.1 Å². The number of benzene rings is 2. The quantitative estimate of drug-likeness (QED) is 0.891. The molecule has 0 fully saturated rings. The molecule has 0 saturated carbocycles. The largest absolute Gasteiger partial charge is 0.493 e. The van der Waals surface area contributed by atoms with Crippen molar-refractivity contribution in [3.05, 3.63) is 42.0 Å². The molecule has 0 bridgehead atoms. The number of methoxy groups -OCH3 is 2. The summed E-state index contributed by atoms with van der Waals surface area (Å²) in [5.41, 5.74) is 2.50. The zero-order valence-electron chi connectivity index (χ0n) is 15.5. The molecule has 3 rings (SSSR count). The average Bonchev–Trinajstić information content (AvgIpc) is 2.66. The molecule has 0 radical (unpaired) electrons. The second-order valence-electron chi connectivity index (χ2n) is 6.23. The molecule has 138 valence electrons. The molecule has 6 nitrogen and oxygen atoms in total. The highest BCUT2D eigenvalue weighted by molar-refractivity contribution is 6.03. The Kier molecular flexibility index (Phi) is 5.21. The summed E-state index contributed by atoms with van der Waals surface area (Å²) in [6.45, 7) is 4.55. The van der Waals surface area contributed by atoms with Gasteiger partial charge < -0.3 is 19.5 Å². The highest BCUT2D eigenvalue weighted by Crippen LogP contribution is 2.36. The van der Waals surface area contributed by atoms with Crippen molar-refractivity contribution >= 4 is 17.4 Å². The summed E-state index contributed by atoms with van der Waals surface area (Å²) in [4.78, 5) is 14.7. The van der Waals surface area contributed by atoms with Crippen LogP contribution in [-0.4, -0.2) is 32.9 Å². The van der Waals surface area contributed by atoms with Crippen LogP contribution in [0.4, 0.5) is 16.2 Å². The van der Waals surface area contributed by atoms with Gasteiger partial charge in [-0.1, -0.05) is 13.0 Å². The second kappa shape index (κ2) is 7.56. The highest BCUT2D eigenvalue weighted by atomic mass is 16.5. The number of nitrogens with zero attached hydrogens (tertiary/aromatic N) is 1. The van der Waals surface area contributed by atoms with Gasteiger partial charge >= 0.3 is 6.03 Å². The van der Waals surface area contributed by atoms with Crippen LogP contribution >= 0.6 is 0 Å². The van der Waals surface area contributed by atoms with E-state index in [1.54, 1.807) is 37.3 Å². The number of amides is 2. The molecule has 0 unspecified atom stereocenters. The molecule has 2 aromatic carbocycles.